The first-order valence-corrected chi connectivity index (χ1v) is 8.34. The summed E-state index contributed by atoms with van der Waals surface area (Å²) in [5.74, 6) is 0.892. The van der Waals surface area contributed by atoms with Gasteiger partial charge in [-0.1, -0.05) is 0 Å². The molecule has 0 atom stereocenters. The fraction of sp³-hybridized carbons (Fsp3) is 0.588. The molecule has 7 nitrogen and oxygen atoms in total. The van der Waals surface area contributed by atoms with Gasteiger partial charge in [-0.25, -0.2) is 9.78 Å². The lowest BCUT2D eigenvalue weighted by atomic mass is 9.93. The minimum atomic E-state index is -0.463. The molecule has 7 heteroatoms. The molecule has 0 radical (unpaired) electrons. The summed E-state index contributed by atoms with van der Waals surface area (Å²) < 4.78 is 7.10. The van der Waals surface area contributed by atoms with E-state index in [0.29, 0.717) is 24.8 Å². The topological polar surface area (TPSA) is 85.8 Å². The van der Waals surface area contributed by atoms with Crippen LogP contribution in [0.5, 0.6) is 0 Å². The van der Waals surface area contributed by atoms with Crippen LogP contribution in [0.1, 0.15) is 50.9 Å². The molecular weight excluding hydrogens is 306 g/mol. The van der Waals surface area contributed by atoms with E-state index in [1.54, 1.807) is 9.42 Å². The molecule has 0 unspecified atom stereocenters. The highest BCUT2D eigenvalue weighted by molar-refractivity contribution is 5.68. The molecular formula is C17H25N5O2. The minimum absolute atomic E-state index is 0.240. The molecule has 0 aromatic carbocycles. The van der Waals surface area contributed by atoms with Gasteiger partial charge in [0.1, 0.15) is 11.4 Å². The van der Waals surface area contributed by atoms with Crippen molar-refractivity contribution in [1.29, 1.82) is 0 Å². The number of aromatic nitrogens is 3. The maximum absolute atomic E-state index is 12.1. The third-order valence-corrected chi connectivity index (χ3v) is 4.16. The normalized spacial score (nSPS) is 16.6. The summed E-state index contributed by atoms with van der Waals surface area (Å²) in [6.45, 7) is 8.91. The Labute approximate surface area is 141 Å². The van der Waals surface area contributed by atoms with Gasteiger partial charge in [0.05, 0.1) is 5.69 Å². The summed E-state index contributed by atoms with van der Waals surface area (Å²) in [5.41, 5.74) is 8.28. The maximum atomic E-state index is 12.1. The van der Waals surface area contributed by atoms with E-state index in [9.17, 15) is 4.79 Å². The maximum Gasteiger partial charge on any atom is 0.410 e. The van der Waals surface area contributed by atoms with Crippen molar-refractivity contribution in [3.8, 4) is 0 Å². The summed E-state index contributed by atoms with van der Waals surface area (Å²) in [6.07, 6.45) is 1.47. The zero-order valence-electron chi connectivity index (χ0n) is 14.7. The van der Waals surface area contributed by atoms with Gasteiger partial charge in [0, 0.05) is 36.8 Å². The third-order valence-electron chi connectivity index (χ3n) is 4.16. The Morgan fingerprint density at radius 2 is 1.96 bits per heavy atom. The molecule has 3 rings (SSSR count). The predicted octanol–water partition coefficient (Wildman–Crippen LogP) is 2.73. The number of nitrogen functional groups attached to an aromatic ring is 1. The lowest BCUT2D eigenvalue weighted by molar-refractivity contribution is 0.0204. The highest BCUT2D eigenvalue weighted by atomic mass is 16.6. The number of hydrogen-bond acceptors (Lipinski definition) is 5. The third kappa shape index (κ3) is 3.44. The zero-order chi connectivity index (χ0) is 17.5. The molecule has 1 fully saturated rings. The minimum Gasteiger partial charge on any atom is -0.444 e. The van der Waals surface area contributed by atoms with Gasteiger partial charge in [-0.3, -0.25) is 0 Å². The average molecular weight is 331 g/mol. The molecule has 0 aliphatic carbocycles. The number of amides is 1. The summed E-state index contributed by atoms with van der Waals surface area (Å²) >= 11 is 0. The second kappa shape index (κ2) is 5.96. The monoisotopic (exact) mass is 331 g/mol. The van der Waals surface area contributed by atoms with Crippen molar-refractivity contribution in [2.45, 2.75) is 52.1 Å². The first kappa shape index (κ1) is 16.5. The fourth-order valence-electron chi connectivity index (χ4n) is 3.03. The van der Waals surface area contributed by atoms with Crippen molar-refractivity contribution >= 4 is 17.6 Å². The Balaban J connectivity index is 1.70. The fourth-order valence-corrected chi connectivity index (χ4v) is 3.03. The van der Waals surface area contributed by atoms with Crippen molar-refractivity contribution in [2.75, 3.05) is 18.8 Å². The highest BCUT2D eigenvalue weighted by Gasteiger charge is 2.28. The molecule has 130 valence electrons. The van der Waals surface area contributed by atoms with E-state index in [1.165, 1.54) is 0 Å². The molecule has 1 amide bonds. The molecule has 0 saturated carbocycles. The molecule has 3 heterocycles. The standard InChI is InChI=1S/C17H25N5O2/c1-11-9-15-19-13(10-14(18)22(15)20-11)12-5-7-21(8-6-12)16(23)24-17(2,3)4/h9-10,12H,5-8,18H2,1-4H3. The Morgan fingerprint density at radius 1 is 1.29 bits per heavy atom. The van der Waals surface area contributed by atoms with Crippen molar-refractivity contribution in [1.82, 2.24) is 19.5 Å². The number of hydrogen-bond donors (Lipinski definition) is 1. The number of piperidine rings is 1. The Kier molecular flexibility index (Phi) is 4.11. The van der Waals surface area contributed by atoms with Gasteiger partial charge in [-0.15, -0.1) is 0 Å². The lowest BCUT2D eigenvalue weighted by Gasteiger charge is -2.33. The summed E-state index contributed by atoms with van der Waals surface area (Å²) in [4.78, 5) is 18.6. The number of fused-ring (bicyclic) bond motifs is 1. The van der Waals surface area contributed by atoms with Gasteiger partial charge in [-0.05, 0) is 40.5 Å². The molecule has 1 aliphatic heterocycles. The van der Waals surface area contributed by atoms with Gasteiger partial charge in [0.25, 0.3) is 0 Å². The van der Waals surface area contributed by atoms with Gasteiger partial charge in [0.15, 0.2) is 5.65 Å². The number of anilines is 1. The quantitative estimate of drug-likeness (QED) is 0.868. The Bertz CT molecular complexity index is 754. The van der Waals surface area contributed by atoms with E-state index in [-0.39, 0.29) is 6.09 Å². The molecule has 2 aromatic rings. The van der Waals surface area contributed by atoms with Crippen LogP contribution in [0.25, 0.3) is 5.65 Å². The van der Waals surface area contributed by atoms with Crippen molar-refractivity contribution in [2.24, 2.45) is 0 Å². The Morgan fingerprint density at radius 3 is 2.58 bits per heavy atom. The molecule has 0 spiro atoms. The number of likely N-dealkylation sites (tertiary alicyclic amines) is 1. The number of carbonyl (C=O) groups is 1. The number of aryl methyl sites for hydroxylation is 1. The second-order valence-corrected chi connectivity index (χ2v) is 7.40. The average Bonchev–Trinajstić information content (AvgIpc) is 2.86. The Hall–Kier alpha value is -2.31. The van der Waals surface area contributed by atoms with E-state index in [4.69, 9.17) is 15.5 Å². The van der Waals surface area contributed by atoms with E-state index >= 15 is 0 Å². The molecule has 0 bridgehead atoms. The van der Waals surface area contributed by atoms with Crippen molar-refractivity contribution < 1.29 is 9.53 Å². The number of rotatable bonds is 1. The molecule has 24 heavy (non-hydrogen) atoms. The van der Waals surface area contributed by atoms with E-state index in [2.05, 4.69) is 5.10 Å². The molecule has 2 aromatic heterocycles. The summed E-state index contributed by atoms with van der Waals surface area (Å²) in [6, 6.07) is 3.82. The van der Waals surface area contributed by atoms with Crippen LogP contribution in [0.15, 0.2) is 12.1 Å². The first-order chi connectivity index (χ1) is 11.2. The molecule has 1 aliphatic rings. The molecule has 2 N–H and O–H groups in total. The number of nitrogens with zero attached hydrogens (tertiary/aromatic N) is 4. The predicted molar refractivity (Wildman–Crippen MR) is 91.9 cm³/mol. The number of nitrogens with two attached hydrogens (primary N) is 1. The van der Waals surface area contributed by atoms with Crippen LogP contribution in [0.4, 0.5) is 10.6 Å². The highest BCUT2D eigenvalue weighted by Crippen LogP contribution is 2.29. The van der Waals surface area contributed by atoms with Gasteiger partial charge in [-0.2, -0.15) is 9.61 Å². The van der Waals surface area contributed by atoms with Gasteiger partial charge >= 0.3 is 6.09 Å². The van der Waals surface area contributed by atoms with Gasteiger partial charge in [0.2, 0.25) is 0 Å². The second-order valence-electron chi connectivity index (χ2n) is 7.40. The number of ether oxygens (including phenoxy) is 1. The van der Waals surface area contributed by atoms with Gasteiger partial charge < -0.3 is 15.4 Å². The van der Waals surface area contributed by atoms with Crippen LogP contribution in [0, 0.1) is 6.92 Å². The van der Waals surface area contributed by atoms with Crippen molar-refractivity contribution in [3.05, 3.63) is 23.5 Å². The smallest absolute Gasteiger partial charge is 0.410 e. The number of carbonyl (C=O) groups excluding carboxylic acids is 1. The largest absolute Gasteiger partial charge is 0.444 e. The van der Waals surface area contributed by atoms with Crippen LogP contribution < -0.4 is 5.73 Å². The van der Waals surface area contributed by atoms with Crippen LogP contribution in [-0.4, -0.2) is 44.3 Å². The van der Waals surface area contributed by atoms with E-state index in [1.807, 2.05) is 39.8 Å². The van der Waals surface area contributed by atoms with E-state index < -0.39 is 5.60 Å². The summed E-state index contributed by atoms with van der Waals surface area (Å²) in [5, 5.41) is 4.33. The zero-order valence-corrected chi connectivity index (χ0v) is 14.7. The van der Waals surface area contributed by atoms with Crippen LogP contribution >= 0.6 is 0 Å². The lowest BCUT2D eigenvalue weighted by Crippen LogP contribution is -2.41. The first-order valence-electron chi connectivity index (χ1n) is 8.34. The summed E-state index contributed by atoms with van der Waals surface area (Å²) in [7, 11) is 0. The van der Waals surface area contributed by atoms with Crippen LogP contribution in [0.3, 0.4) is 0 Å². The van der Waals surface area contributed by atoms with Crippen molar-refractivity contribution in [3.63, 3.8) is 0 Å². The van der Waals surface area contributed by atoms with Crippen LogP contribution in [-0.2, 0) is 4.74 Å². The molecule has 1 saturated heterocycles. The van der Waals surface area contributed by atoms with E-state index in [0.717, 1.165) is 29.9 Å². The van der Waals surface area contributed by atoms with Crippen LogP contribution in [0.2, 0.25) is 0 Å². The SMILES string of the molecule is Cc1cc2nc(C3CCN(C(=O)OC(C)(C)C)CC3)cc(N)n2n1.